The van der Waals surface area contributed by atoms with Gasteiger partial charge in [-0.05, 0) is 53.3 Å². The number of aromatic hydroxyl groups is 1. The molecule has 0 radical (unpaired) electrons. The predicted octanol–water partition coefficient (Wildman–Crippen LogP) is 3.94. The Kier molecular flexibility index (Phi) is 7.11. The maximum absolute atomic E-state index is 12.2. The molecule has 8 nitrogen and oxygen atoms in total. The number of amides is 1. The number of aromatic nitrogens is 3. The Morgan fingerprint density at radius 3 is 1.94 bits per heavy atom. The number of aryl methyl sites for hydroxylation is 1. The van der Waals surface area contributed by atoms with E-state index < -0.39 is 11.9 Å². The number of carbonyl (C=O) groups is 2. The van der Waals surface area contributed by atoms with Crippen molar-refractivity contribution in [3.05, 3.63) is 107 Å². The number of hydrogen-bond donors (Lipinski definition) is 2. The first-order valence-electron chi connectivity index (χ1n) is 11.0. The molecular weight excluding hydrogens is 444 g/mol. The van der Waals surface area contributed by atoms with Gasteiger partial charge in [-0.2, -0.15) is 5.48 Å². The van der Waals surface area contributed by atoms with E-state index in [1.165, 1.54) is 11.1 Å². The van der Waals surface area contributed by atoms with Gasteiger partial charge in [-0.25, -0.2) is 9.97 Å². The smallest absolute Gasteiger partial charge is 0.329 e. The molecule has 2 heterocycles. The van der Waals surface area contributed by atoms with Gasteiger partial charge in [0.05, 0.1) is 5.69 Å². The molecule has 4 aromatic rings. The number of carbonyl (C=O) groups excluding carboxylic acids is 2. The SMILES string of the molecule is CC(=O)ONC(=O)c1nc(Cc2ccc(-c3ccc(Cc4ccncc4)cc3)cc2)nc(C)c1O. The molecule has 4 rings (SSSR count). The quantitative estimate of drug-likeness (QED) is 0.412. The van der Waals surface area contributed by atoms with Crippen LogP contribution in [0.15, 0.2) is 73.1 Å². The van der Waals surface area contributed by atoms with Crippen molar-refractivity contribution in [3.63, 3.8) is 0 Å². The molecule has 0 spiro atoms. The molecule has 0 saturated carbocycles. The molecular formula is C27H24N4O4. The van der Waals surface area contributed by atoms with Gasteiger partial charge in [-0.1, -0.05) is 48.5 Å². The Morgan fingerprint density at radius 1 is 0.829 bits per heavy atom. The van der Waals surface area contributed by atoms with Crippen molar-refractivity contribution < 1.29 is 19.5 Å². The molecule has 0 aliphatic heterocycles. The van der Waals surface area contributed by atoms with Gasteiger partial charge in [0.1, 0.15) is 5.82 Å². The highest BCUT2D eigenvalue weighted by atomic mass is 16.7. The topological polar surface area (TPSA) is 114 Å². The number of benzene rings is 2. The molecule has 176 valence electrons. The van der Waals surface area contributed by atoms with Crippen LogP contribution in [0.25, 0.3) is 11.1 Å². The van der Waals surface area contributed by atoms with Crippen molar-refractivity contribution in [1.82, 2.24) is 20.4 Å². The summed E-state index contributed by atoms with van der Waals surface area (Å²) < 4.78 is 0. The van der Waals surface area contributed by atoms with E-state index in [2.05, 4.69) is 44.1 Å². The fraction of sp³-hybridized carbons (Fsp3) is 0.148. The van der Waals surface area contributed by atoms with Gasteiger partial charge in [0.25, 0.3) is 0 Å². The summed E-state index contributed by atoms with van der Waals surface area (Å²) in [5.41, 5.74) is 7.54. The van der Waals surface area contributed by atoms with Crippen LogP contribution in [0.2, 0.25) is 0 Å². The molecule has 2 aromatic heterocycles. The molecule has 0 atom stereocenters. The lowest BCUT2D eigenvalue weighted by Crippen LogP contribution is -2.27. The van der Waals surface area contributed by atoms with Crippen LogP contribution in [-0.2, 0) is 22.5 Å². The Hall–Kier alpha value is -4.59. The Bertz CT molecular complexity index is 1340. The van der Waals surface area contributed by atoms with E-state index in [0.717, 1.165) is 30.0 Å². The summed E-state index contributed by atoms with van der Waals surface area (Å²) in [5, 5.41) is 10.2. The maximum atomic E-state index is 12.2. The van der Waals surface area contributed by atoms with E-state index in [1.807, 2.05) is 41.9 Å². The van der Waals surface area contributed by atoms with E-state index in [1.54, 1.807) is 19.3 Å². The highest BCUT2D eigenvalue weighted by molar-refractivity contribution is 5.95. The van der Waals surface area contributed by atoms with Gasteiger partial charge < -0.3 is 9.94 Å². The summed E-state index contributed by atoms with van der Waals surface area (Å²) in [6, 6.07) is 20.5. The van der Waals surface area contributed by atoms with Crippen LogP contribution in [0.3, 0.4) is 0 Å². The number of rotatable bonds is 6. The molecule has 0 aliphatic carbocycles. The van der Waals surface area contributed by atoms with Crippen molar-refractivity contribution in [2.75, 3.05) is 0 Å². The second-order valence-electron chi connectivity index (χ2n) is 8.05. The van der Waals surface area contributed by atoms with Crippen molar-refractivity contribution >= 4 is 11.9 Å². The van der Waals surface area contributed by atoms with Crippen molar-refractivity contribution in [2.24, 2.45) is 0 Å². The number of hydrogen-bond acceptors (Lipinski definition) is 7. The normalized spacial score (nSPS) is 10.6. The van der Waals surface area contributed by atoms with E-state index in [-0.39, 0.29) is 17.1 Å². The Balaban J connectivity index is 1.45. The summed E-state index contributed by atoms with van der Waals surface area (Å²) in [7, 11) is 0. The minimum atomic E-state index is -0.827. The van der Waals surface area contributed by atoms with Crippen molar-refractivity contribution in [3.8, 4) is 16.9 Å². The lowest BCUT2D eigenvalue weighted by molar-refractivity contribution is -0.146. The Labute approximate surface area is 202 Å². The third-order valence-electron chi connectivity index (χ3n) is 5.37. The highest BCUT2D eigenvalue weighted by Crippen LogP contribution is 2.23. The first kappa shape index (κ1) is 23.6. The summed E-state index contributed by atoms with van der Waals surface area (Å²) in [6.45, 7) is 2.72. The molecule has 2 N–H and O–H groups in total. The van der Waals surface area contributed by atoms with Gasteiger partial charge in [-0.3, -0.25) is 14.6 Å². The van der Waals surface area contributed by atoms with Crippen LogP contribution in [0, 0.1) is 6.92 Å². The van der Waals surface area contributed by atoms with E-state index in [9.17, 15) is 14.7 Å². The average molecular weight is 469 g/mol. The van der Waals surface area contributed by atoms with Crippen molar-refractivity contribution in [2.45, 2.75) is 26.7 Å². The van der Waals surface area contributed by atoms with Crippen LogP contribution in [0.1, 0.15) is 45.6 Å². The number of nitrogens with one attached hydrogen (secondary N) is 1. The van der Waals surface area contributed by atoms with Crippen LogP contribution < -0.4 is 5.48 Å². The summed E-state index contributed by atoms with van der Waals surface area (Å²) in [4.78, 5) is 40.1. The van der Waals surface area contributed by atoms with E-state index >= 15 is 0 Å². The molecule has 1 amide bonds. The second-order valence-corrected chi connectivity index (χ2v) is 8.05. The molecule has 0 saturated heterocycles. The second kappa shape index (κ2) is 10.6. The fourth-order valence-corrected chi connectivity index (χ4v) is 3.58. The molecule has 0 fully saturated rings. The number of hydroxylamine groups is 1. The van der Waals surface area contributed by atoms with Crippen LogP contribution >= 0.6 is 0 Å². The molecule has 2 aromatic carbocycles. The number of nitrogens with zero attached hydrogens (tertiary/aromatic N) is 3. The third-order valence-corrected chi connectivity index (χ3v) is 5.37. The standard InChI is InChI=1S/C27H24N4O4/c1-17-26(33)25(27(34)31-35-18(2)32)30-24(29-17)16-20-5-9-23(10-6-20)22-7-3-19(4-8-22)15-21-11-13-28-14-12-21/h3-14,33H,15-16H2,1-2H3,(H,31,34). The summed E-state index contributed by atoms with van der Waals surface area (Å²) >= 11 is 0. The van der Waals surface area contributed by atoms with Gasteiger partial charge in [0, 0.05) is 25.7 Å². The monoisotopic (exact) mass is 468 g/mol. The van der Waals surface area contributed by atoms with E-state index in [0.29, 0.717) is 12.2 Å². The first-order chi connectivity index (χ1) is 16.9. The zero-order valence-electron chi connectivity index (χ0n) is 19.4. The first-order valence-corrected chi connectivity index (χ1v) is 11.0. The zero-order chi connectivity index (χ0) is 24.8. The fourth-order valence-electron chi connectivity index (χ4n) is 3.58. The lowest BCUT2D eigenvalue weighted by atomic mass is 9.99. The molecule has 8 heteroatoms. The van der Waals surface area contributed by atoms with Crippen molar-refractivity contribution in [1.29, 1.82) is 0 Å². The van der Waals surface area contributed by atoms with Gasteiger partial charge in [0.15, 0.2) is 11.4 Å². The highest BCUT2D eigenvalue weighted by Gasteiger charge is 2.19. The summed E-state index contributed by atoms with van der Waals surface area (Å²) in [5.74, 6) is -1.51. The largest absolute Gasteiger partial charge is 0.504 e. The van der Waals surface area contributed by atoms with Gasteiger partial charge in [-0.15, -0.1) is 0 Å². The van der Waals surface area contributed by atoms with Crippen LogP contribution in [0.4, 0.5) is 0 Å². The molecule has 0 bridgehead atoms. The van der Waals surface area contributed by atoms with Crippen LogP contribution in [0.5, 0.6) is 5.75 Å². The minimum Gasteiger partial charge on any atom is -0.504 e. The lowest BCUT2D eigenvalue weighted by Gasteiger charge is -2.10. The maximum Gasteiger partial charge on any atom is 0.329 e. The predicted molar refractivity (Wildman–Crippen MR) is 129 cm³/mol. The van der Waals surface area contributed by atoms with Gasteiger partial charge >= 0.3 is 11.9 Å². The molecule has 0 unspecified atom stereocenters. The molecule has 35 heavy (non-hydrogen) atoms. The molecule has 0 aliphatic rings. The Morgan fingerprint density at radius 2 is 1.37 bits per heavy atom. The van der Waals surface area contributed by atoms with Crippen LogP contribution in [-0.4, -0.2) is 31.9 Å². The average Bonchev–Trinajstić information content (AvgIpc) is 2.86. The third kappa shape index (κ3) is 6.05. The number of pyridine rings is 1. The van der Waals surface area contributed by atoms with Gasteiger partial charge in [0.2, 0.25) is 0 Å². The zero-order valence-corrected chi connectivity index (χ0v) is 19.4. The van der Waals surface area contributed by atoms with E-state index in [4.69, 9.17) is 0 Å². The minimum absolute atomic E-state index is 0.253. The summed E-state index contributed by atoms with van der Waals surface area (Å²) in [6.07, 6.45) is 4.82.